The molecule has 2 aromatic heterocycles. The Balaban J connectivity index is 0.000000156. The zero-order chi connectivity index (χ0) is 38.5. The molecule has 3 atom stereocenters. The van der Waals surface area contributed by atoms with Gasteiger partial charge in [0.25, 0.3) is 5.91 Å². The molecule has 2 unspecified atom stereocenters. The highest BCUT2D eigenvalue weighted by atomic mass is 16.5. The Morgan fingerprint density at radius 1 is 0.661 bits per heavy atom. The van der Waals surface area contributed by atoms with E-state index in [0.29, 0.717) is 30.6 Å². The number of carboxylic acid groups (broad SMARTS) is 1. The molecule has 3 aliphatic carbocycles. The van der Waals surface area contributed by atoms with Gasteiger partial charge in [-0.3, -0.25) is 9.59 Å². The molecule has 56 heavy (non-hydrogen) atoms. The summed E-state index contributed by atoms with van der Waals surface area (Å²) in [6.45, 7) is 4.79. The van der Waals surface area contributed by atoms with Gasteiger partial charge in [0.1, 0.15) is 0 Å². The molecule has 4 fully saturated rings. The topological polar surface area (TPSA) is 115 Å². The number of hydrogen-bond acceptors (Lipinski definition) is 5. The quantitative estimate of drug-likeness (QED) is 0.222. The smallest absolute Gasteiger partial charge is 0.335 e. The van der Waals surface area contributed by atoms with Gasteiger partial charge in [-0.2, -0.15) is 0 Å². The van der Waals surface area contributed by atoms with Gasteiger partial charge < -0.3 is 33.9 Å². The van der Waals surface area contributed by atoms with Crippen molar-refractivity contribution in [1.82, 2.24) is 19.4 Å². The summed E-state index contributed by atoms with van der Waals surface area (Å²) in [5.74, 6) is 2.23. The van der Waals surface area contributed by atoms with Crippen molar-refractivity contribution in [3.8, 4) is 0 Å². The lowest BCUT2D eigenvalue weighted by Gasteiger charge is -2.33. The number of amides is 2. The van der Waals surface area contributed by atoms with Gasteiger partial charge in [-0.15, -0.1) is 0 Å². The maximum Gasteiger partial charge on any atom is 0.335 e. The Labute approximate surface area is 329 Å². The fourth-order valence-electron chi connectivity index (χ4n) is 10.9. The van der Waals surface area contributed by atoms with Crippen LogP contribution in [0.25, 0.3) is 21.8 Å². The highest BCUT2D eigenvalue weighted by molar-refractivity contribution is 6.00. The first kappa shape index (κ1) is 37.4. The van der Waals surface area contributed by atoms with Crippen molar-refractivity contribution in [2.75, 3.05) is 39.5 Å². The zero-order valence-electron chi connectivity index (χ0n) is 33.2. The molecule has 3 saturated heterocycles. The minimum Gasteiger partial charge on any atom is -0.478 e. The molecule has 0 spiro atoms. The molecular weight excluding hydrogens is 705 g/mol. The van der Waals surface area contributed by atoms with E-state index in [4.69, 9.17) is 9.47 Å². The summed E-state index contributed by atoms with van der Waals surface area (Å²) >= 11 is 0. The van der Waals surface area contributed by atoms with Crippen molar-refractivity contribution in [3.63, 3.8) is 0 Å². The lowest BCUT2D eigenvalue weighted by atomic mass is 9.75. The molecule has 2 amide bonds. The van der Waals surface area contributed by atoms with E-state index in [1.807, 2.05) is 23.1 Å². The van der Waals surface area contributed by atoms with Gasteiger partial charge in [-0.1, -0.05) is 0 Å². The minimum absolute atomic E-state index is 0.0630. The number of rotatable bonds is 6. The Kier molecular flexibility index (Phi) is 10.5. The number of carbonyl (C=O) groups excluding carboxylic acids is 2. The van der Waals surface area contributed by atoms with E-state index in [1.165, 1.54) is 71.9 Å². The van der Waals surface area contributed by atoms with Crippen LogP contribution in [0.15, 0.2) is 36.4 Å². The molecule has 10 heteroatoms. The van der Waals surface area contributed by atoms with E-state index in [2.05, 4.69) is 40.7 Å². The molecule has 6 aliphatic rings. The highest BCUT2D eigenvalue weighted by Gasteiger charge is 2.36. The van der Waals surface area contributed by atoms with E-state index >= 15 is 0 Å². The SMILES string of the molecule is Cn1c2c(c3cc(C(=O)N4CC[C@@H](C(=O)NC5CC5)C4)ccc31)CC(C1CCOCC1)CC2.Cn1c2c(c3cc(C(=O)O)ccc31)CC(C1CCOCC1)CC2. The second kappa shape index (κ2) is 15.7. The third-order valence-electron chi connectivity index (χ3n) is 14.4. The second-order valence-corrected chi connectivity index (χ2v) is 17.7. The number of aromatic nitrogens is 2. The summed E-state index contributed by atoms with van der Waals surface area (Å²) in [5, 5.41) is 14.8. The summed E-state index contributed by atoms with van der Waals surface area (Å²) < 4.78 is 15.7. The number of fused-ring (bicyclic) bond motifs is 6. The fraction of sp³-hybridized carbons (Fsp3) is 0.587. The largest absolute Gasteiger partial charge is 0.478 e. The molecule has 2 aromatic carbocycles. The fourth-order valence-corrected chi connectivity index (χ4v) is 10.9. The number of carboxylic acids is 1. The monoisotopic (exact) mass is 762 g/mol. The number of hydrogen-bond donors (Lipinski definition) is 2. The predicted molar refractivity (Wildman–Crippen MR) is 216 cm³/mol. The van der Waals surface area contributed by atoms with Gasteiger partial charge in [0.05, 0.1) is 11.5 Å². The molecule has 298 valence electrons. The molecule has 5 heterocycles. The van der Waals surface area contributed by atoms with Crippen LogP contribution in [0.4, 0.5) is 0 Å². The molecular formula is C46H58N4O6. The lowest BCUT2D eigenvalue weighted by molar-refractivity contribution is -0.124. The number of likely N-dealkylation sites (tertiary alicyclic amines) is 1. The average Bonchev–Trinajstić information content (AvgIpc) is 3.72. The second-order valence-electron chi connectivity index (χ2n) is 17.7. The minimum atomic E-state index is -0.846. The molecule has 0 bridgehead atoms. The number of benzene rings is 2. The van der Waals surface area contributed by atoms with Crippen LogP contribution in [0.5, 0.6) is 0 Å². The summed E-state index contributed by atoms with van der Waals surface area (Å²) in [6, 6.07) is 12.1. The molecule has 0 radical (unpaired) electrons. The van der Waals surface area contributed by atoms with Crippen LogP contribution < -0.4 is 5.32 Å². The Hall–Kier alpha value is -4.15. The lowest BCUT2D eigenvalue weighted by Crippen LogP contribution is -2.35. The molecule has 1 saturated carbocycles. The highest BCUT2D eigenvalue weighted by Crippen LogP contribution is 2.41. The van der Waals surface area contributed by atoms with Crippen LogP contribution in [-0.4, -0.2) is 82.5 Å². The van der Waals surface area contributed by atoms with Crippen molar-refractivity contribution in [3.05, 3.63) is 70.0 Å². The Morgan fingerprint density at radius 2 is 1.18 bits per heavy atom. The van der Waals surface area contributed by atoms with Crippen LogP contribution in [0.1, 0.15) is 101 Å². The molecule has 4 aromatic rings. The van der Waals surface area contributed by atoms with Gasteiger partial charge in [-0.05, 0) is 155 Å². The zero-order valence-corrected chi connectivity index (χ0v) is 33.2. The number of nitrogens with one attached hydrogen (secondary N) is 1. The van der Waals surface area contributed by atoms with Gasteiger partial charge in [-0.25, -0.2) is 4.79 Å². The summed E-state index contributed by atoms with van der Waals surface area (Å²) in [7, 11) is 4.28. The predicted octanol–water partition coefficient (Wildman–Crippen LogP) is 6.86. The van der Waals surface area contributed by atoms with Crippen LogP contribution in [-0.2, 0) is 54.0 Å². The van der Waals surface area contributed by atoms with E-state index in [-0.39, 0.29) is 17.7 Å². The van der Waals surface area contributed by atoms with Crippen LogP contribution in [0.3, 0.4) is 0 Å². The first-order valence-electron chi connectivity index (χ1n) is 21.4. The van der Waals surface area contributed by atoms with Crippen LogP contribution in [0.2, 0.25) is 0 Å². The van der Waals surface area contributed by atoms with Crippen molar-refractivity contribution < 1.29 is 29.0 Å². The number of aryl methyl sites for hydroxylation is 2. The third-order valence-corrected chi connectivity index (χ3v) is 14.4. The maximum absolute atomic E-state index is 13.4. The van der Waals surface area contributed by atoms with E-state index < -0.39 is 5.97 Å². The molecule has 10 rings (SSSR count). The normalized spacial score (nSPS) is 24.4. The van der Waals surface area contributed by atoms with Gasteiger partial charge >= 0.3 is 5.97 Å². The van der Waals surface area contributed by atoms with E-state index in [0.717, 1.165) is 106 Å². The third kappa shape index (κ3) is 7.28. The van der Waals surface area contributed by atoms with Gasteiger partial charge in [0, 0.05) is 98.4 Å². The Bertz CT molecular complexity index is 2130. The van der Waals surface area contributed by atoms with Crippen molar-refractivity contribution >= 4 is 39.6 Å². The molecule has 10 nitrogen and oxygen atoms in total. The van der Waals surface area contributed by atoms with Crippen LogP contribution >= 0.6 is 0 Å². The first-order valence-corrected chi connectivity index (χ1v) is 21.4. The summed E-state index contributed by atoms with van der Waals surface area (Å²) in [5.41, 5.74) is 9.20. The van der Waals surface area contributed by atoms with Crippen LogP contribution in [0, 0.1) is 29.6 Å². The summed E-state index contributed by atoms with van der Waals surface area (Å²) in [6.07, 6.45) is 14.6. The molecule has 2 N–H and O–H groups in total. The Morgan fingerprint density at radius 3 is 1.70 bits per heavy atom. The summed E-state index contributed by atoms with van der Waals surface area (Å²) in [4.78, 5) is 39.0. The number of nitrogens with zero attached hydrogens (tertiary/aromatic N) is 3. The number of carbonyl (C=O) groups is 3. The maximum atomic E-state index is 13.4. The van der Waals surface area contributed by atoms with Crippen molar-refractivity contribution in [2.45, 2.75) is 89.5 Å². The van der Waals surface area contributed by atoms with Gasteiger partial charge in [0.2, 0.25) is 5.91 Å². The van der Waals surface area contributed by atoms with Gasteiger partial charge in [0.15, 0.2) is 0 Å². The van der Waals surface area contributed by atoms with E-state index in [9.17, 15) is 19.5 Å². The standard InChI is InChI=1S/C27H35N3O3.C19H23NO3/c1-29-24-6-2-18(17-9-12-33-13-10-17)14-22(24)23-15-19(3-7-25(23)29)27(32)30-11-8-20(16-30)26(31)28-21-4-5-21;1-20-17-4-2-13(12-6-8-23-9-7-12)10-15(17)16-11-14(19(21)22)3-5-18(16)20/h3,7,15,17-18,20-21H,2,4-6,8-14,16H2,1H3,(H,28,31);3,5,11-13H,2,4,6-10H2,1H3,(H,21,22)/t18?,20-;/m1./s1. The number of aromatic carboxylic acids is 1. The first-order chi connectivity index (χ1) is 27.2. The van der Waals surface area contributed by atoms with E-state index in [1.54, 1.807) is 6.07 Å². The van der Waals surface area contributed by atoms with Crippen molar-refractivity contribution in [2.24, 2.45) is 43.7 Å². The average molecular weight is 763 g/mol. The molecule has 3 aliphatic heterocycles. The van der Waals surface area contributed by atoms with Crippen molar-refractivity contribution in [1.29, 1.82) is 0 Å². The number of ether oxygens (including phenoxy) is 2.